The minimum absolute atomic E-state index is 0.0196. The number of aliphatic imine (C=N–C) groups is 1. The van der Waals surface area contributed by atoms with Gasteiger partial charge in [0.1, 0.15) is 12.4 Å². The van der Waals surface area contributed by atoms with Gasteiger partial charge < -0.3 is 14.2 Å². The molecule has 0 aliphatic carbocycles. The highest BCUT2D eigenvalue weighted by Gasteiger charge is 2.27. The van der Waals surface area contributed by atoms with Gasteiger partial charge in [-0.3, -0.25) is 10.1 Å². The molecular formula is C24H15ClFIN2O6. The number of benzene rings is 3. The van der Waals surface area contributed by atoms with Crippen molar-refractivity contribution in [3.05, 3.63) is 102 Å². The van der Waals surface area contributed by atoms with E-state index in [0.717, 1.165) is 0 Å². The van der Waals surface area contributed by atoms with Crippen molar-refractivity contribution in [2.45, 2.75) is 6.61 Å². The van der Waals surface area contributed by atoms with E-state index in [9.17, 15) is 19.3 Å². The summed E-state index contributed by atoms with van der Waals surface area (Å²) in [6, 6.07) is 13.2. The van der Waals surface area contributed by atoms with Gasteiger partial charge in [0.15, 0.2) is 17.2 Å². The van der Waals surface area contributed by atoms with Crippen LogP contribution in [0.1, 0.15) is 16.7 Å². The molecule has 0 radical (unpaired) electrons. The number of nitro groups is 1. The van der Waals surface area contributed by atoms with Gasteiger partial charge in [-0.25, -0.2) is 14.2 Å². The summed E-state index contributed by atoms with van der Waals surface area (Å²) in [7, 11) is 1.47. The Morgan fingerprint density at radius 3 is 2.74 bits per heavy atom. The van der Waals surface area contributed by atoms with Crippen molar-refractivity contribution in [1.29, 1.82) is 0 Å². The lowest BCUT2D eigenvalue weighted by molar-refractivity contribution is -0.384. The van der Waals surface area contributed by atoms with E-state index in [1.54, 1.807) is 24.3 Å². The third-order valence-corrected chi connectivity index (χ3v) is 5.97. The number of carbonyl (C=O) groups excluding carboxylic acids is 1. The maximum absolute atomic E-state index is 13.4. The molecule has 11 heteroatoms. The van der Waals surface area contributed by atoms with Gasteiger partial charge in [-0.1, -0.05) is 23.7 Å². The Balaban J connectivity index is 1.62. The van der Waals surface area contributed by atoms with Gasteiger partial charge >= 0.3 is 5.97 Å². The number of esters is 1. The van der Waals surface area contributed by atoms with E-state index in [4.69, 9.17) is 25.8 Å². The molecule has 178 valence electrons. The molecule has 0 unspecified atom stereocenters. The minimum atomic E-state index is -0.733. The number of halogens is 3. The monoisotopic (exact) mass is 608 g/mol. The Labute approximate surface area is 217 Å². The van der Waals surface area contributed by atoms with Crippen LogP contribution in [0.15, 0.2) is 65.3 Å². The average molecular weight is 609 g/mol. The second-order valence-electron chi connectivity index (χ2n) is 7.21. The van der Waals surface area contributed by atoms with Crippen molar-refractivity contribution in [1.82, 2.24) is 0 Å². The number of non-ortho nitro benzene ring substituents is 1. The summed E-state index contributed by atoms with van der Waals surface area (Å²) < 4.78 is 30.6. The summed E-state index contributed by atoms with van der Waals surface area (Å²) in [5, 5.41) is 11.2. The van der Waals surface area contributed by atoms with Crippen LogP contribution in [0, 0.1) is 19.5 Å². The molecule has 3 aromatic carbocycles. The molecule has 3 aromatic rings. The van der Waals surface area contributed by atoms with E-state index in [1.165, 1.54) is 43.5 Å². The molecule has 4 rings (SSSR count). The summed E-state index contributed by atoms with van der Waals surface area (Å²) >= 11 is 8.19. The number of rotatable bonds is 7. The zero-order valence-electron chi connectivity index (χ0n) is 18.0. The van der Waals surface area contributed by atoms with Crippen LogP contribution in [-0.2, 0) is 16.1 Å². The molecule has 1 heterocycles. The van der Waals surface area contributed by atoms with Gasteiger partial charge in [-0.2, -0.15) is 0 Å². The summed E-state index contributed by atoms with van der Waals surface area (Å²) in [6.45, 7) is 0.133. The predicted octanol–water partition coefficient (Wildman–Crippen LogP) is 5.92. The Morgan fingerprint density at radius 2 is 2.03 bits per heavy atom. The summed E-state index contributed by atoms with van der Waals surface area (Å²) in [4.78, 5) is 27.1. The molecule has 0 atom stereocenters. The van der Waals surface area contributed by atoms with E-state index >= 15 is 0 Å². The van der Waals surface area contributed by atoms with Gasteiger partial charge in [0.25, 0.3) is 5.69 Å². The lowest BCUT2D eigenvalue weighted by Crippen LogP contribution is -2.06. The van der Waals surface area contributed by atoms with Crippen LogP contribution in [-0.4, -0.2) is 23.9 Å². The fourth-order valence-electron chi connectivity index (χ4n) is 3.22. The first-order valence-electron chi connectivity index (χ1n) is 9.97. The molecule has 0 amide bonds. The first-order valence-corrected chi connectivity index (χ1v) is 11.4. The van der Waals surface area contributed by atoms with Crippen LogP contribution in [0.5, 0.6) is 11.5 Å². The molecule has 1 aliphatic heterocycles. The number of cyclic esters (lactones) is 1. The number of hydrogen-bond acceptors (Lipinski definition) is 7. The van der Waals surface area contributed by atoms with Crippen LogP contribution in [0.2, 0.25) is 5.02 Å². The molecular weight excluding hydrogens is 594 g/mol. The lowest BCUT2D eigenvalue weighted by Gasteiger charge is -2.14. The van der Waals surface area contributed by atoms with E-state index in [1.807, 2.05) is 0 Å². The number of hydrogen-bond donors (Lipinski definition) is 0. The zero-order valence-corrected chi connectivity index (χ0v) is 20.9. The molecule has 35 heavy (non-hydrogen) atoms. The highest BCUT2D eigenvalue weighted by Crippen LogP contribution is 2.36. The maximum atomic E-state index is 13.4. The second kappa shape index (κ2) is 10.4. The minimum Gasteiger partial charge on any atom is -0.493 e. The number of ether oxygens (including phenoxy) is 3. The average Bonchev–Trinajstić information content (AvgIpc) is 3.18. The largest absolute Gasteiger partial charge is 0.493 e. The quantitative estimate of drug-likeness (QED) is 0.109. The van der Waals surface area contributed by atoms with Crippen LogP contribution >= 0.6 is 34.2 Å². The van der Waals surface area contributed by atoms with E-state index < -0.39 is 10.9 Å². The topological polar surface area (TPSA) is 100 Å². The molecule has 0 N–H and O–H groups in total. The zero-order chi connectivity index (χ0) is 25.1. The van der Waals surface area contributed by atoms with Crippen molar-refractivity contribution in [3.8, 4) is 11.5 Å². The Hall–Kier alpha value is -3.51. The molecule has 1 aliphatic rings. The van der Waals surface area contributed by atoms with Gasteiger partial charge in [0.2, 0.25) is 5.90 Å². The normalized spacial score (nSPS) is 14.0. The standard InChI is InChI=1S/C24H15ClFIN2O6/c1-33-21-10-14(8-19(27)22(21)34-12-13-3-2-4-15(26)7-13)9-20-24(30)35-23(28-20)17-11-16(29(31)32)5-6-18(17)25/h2-11H,12H2,1H3/b20-9-. The van der Waals surface area contributed by atoms with Crippen molar-refractivity contribution >= 4 is 57.8 Å². The third-order valence-electron chi connectivity index (χ3n) is 4.84. The van der Waals surface area contributed by atoms with Crippen molar-refractivity contribution < 1.29 is 28.3 Å². The van der Waals surface area contributed by atoms with Gasteiger partial charge in [0, 0.05) is 12.1 Å². The lowest BCUT2D eigenvalue weighted by atomic mass is 10.1. The fraction of sp³-hybridized carbons (Fsp3) is 0.0833. The van der Waals surface area contributed by atoms with Crippen molar-refractivity contribution in [3.63, 3.8) is 0 Å². The van der Waals surface area contributed by atoms with Gasteiger partial charge in [0.05, 0.1) is 26.2 Å². The molecule has 0 saturated heterocycles. The van der Waals surface area contributed by atoms with E-state index in [2.05, 4.69) is 27.6 Å². The van der Waals surface area contributed by atoms with Crippen molar-refractivity contribution in [2.24, 2.45) is 4.99 Å². The Kier molecular flexibility index (Phi) is 7.31. The Morgan fingerprint density at radius 1 is 1.23 bits per heavy atom. The summed E-state index contributed by atoms with van der Waals surface area (Å²) in [5.74, 6) is -0.363. The first-order chi connectivity index (χ1) is 16.7. The fourth-order valence-corrected chi connectivity index (χ4v) is 4.20. The van der Waals surface area contributed by atoms with E-state index in [0.29, 0.717) is 26.2 Å². The number of nitrogens with zero attached hydrogens (tertiary/aromatic N) is 2. The highest BCUT2D eigenvalue weighted by atomic mass is 127. The highest BCUT2D eigenvalue weighted by molar-refractivity contribution is 14.1. The molecule has 0 spiro atoms. The van der Waals surface area contributed by atoms with Gasteiger partial charge in [-0.15, -0.1) is 0 Å². The number of carbonyl (C=O) groups is 1. The first kappa shape index (κ1) is 24.6. The molecule has 0 aromatic heterocycles. The van der Waals surface area contributed by atoms with Crippen LogP contribution in [0.3, 0.4) is 0 Å². The second-order valence-corrected chi connectivity index (χ2v) is 8.78. The molecule has 0 saturated carbocycles. The molecule has 8 nitrogen and oxygen atoms in total. The summed E-state index contributed by atoms with van der Waals surface area (Å²) in [6.07, 6.45) is 1.49. The third kappa shape index (κ3) is 5.60. The molecule has 0 fully saturated rings. The smallest absolute Gasteiger partial charge is 0.363 e. The van der Waals surface area contributed by atoms with E-state index in [-0.39, 0.29) is 40.3 Å². The van der Waals surface area contributed by atoms with Gasteiger partial charge in [-0.05, 0) is 70.1 Å². The SMILES string of the molecule is COc1cc(/C=C2\N=C(c3cc([N+](=O)[O-])ccc3Cl)OC2=O)cc(I)c1OCc1cccc(F)c1. The number of nitro benzene ring substituents is 1. The van der Waals surface area contributed by atoms with Crippen LogP contribution in [0.4, 0.5) is 10.1 Å². The van der Waals surface area contributed by atoms with Crippen LogP contribution < -0.4 is 9.47 Å². The van der Waals surface area contributed by atoms with Crippen LogP contribution in [0.25, 0.3) is 6.08 Å². The maximum Gasteiger partial charge on any atom is 0.363 e. The predicted molar refractivity (Wildman–Crippen MR) is 135 cm³/mol. The van der Waals surface area contributed by atoms with Crippen molar-refractivity contribution in [2.75, 3.05) is 7.11 Å². The Bertz CT molecular complexity index is 1410. The summed E-state index contributed by atoms with van der Waals surface area (Å²) in [5.41, 5.74) is 1.13. The number of methoxy groups -OCH3 is 1. The molecule has 0 bridgehead atoms.